The summed E-state index contributed by atoms with van der Waals surface area (Å²) >= 11 is 7.75. The first-order chi connectivity index (χ1) is 9.16. The molecule has 0 saturated carbocycles. The molecule has 0 atom stereocenters. The molecule has 1 saturated heterocycles. The first-order valence-electron chi connectivity index (χ1n) is 6.02. The van der Waals surface area contributed by atoms with Gasteiger partial charge in [0.15, 0.2) is 4.08 Å². The number of fused-ring (bicyclic) bond motifs is 2. The molecule has 3 heterocycles. The van der Waals surface area contributed by atoms with Crippen LogP contribution in [0.1, 0.15) is 11.1 Å². The van der Waals surface area contributed by atoms with Gasteiger partial charge in [-0.15, -0.1) is 23.5 Å². The van der Waals surface area contributed by atoms with E-state index in [9.17, 15) is 8.78 Å². The average molecular weight is 357 g/mol. The molecule has 1 aromatic heterocycles. The third-order valence-electron chi connectivity index (χ3n) is 3.19. The summed E-state index contributed by atoms with van der Waals surface area (Å²) in [5, 5.41) is 4.02. The summed E-state index contributed by atoms with van der Waals surface area (Å²) < 4.78 is 28.6. The summed E-state index contributed by atoms with van der Waals surface area (Å²) in [6, 6.07) is 0. The van der Waals surface area contributed by atoms with Crippen LogP contribution in [0.15, 0.2) is 10.8 Å². The second-order valence-electron chi connectivity index (χ2n) is 4.43. The summed E-state index contributed by atoms with van der Waals surface area (Å²) in [4.78, 5) is 0. The Balaban J connectivity index is 2.06. The van der Waals surface area contributed by atoms with Gasteiger partial charge in [0.1, 0.15) is 0 Å². The van der Waals surface area contributed by atoms with Crippen LogP contribution >= 0.6 is 58.4 Å². The molecule has 1 aromatic rings. The van der Waals surface area contributed by atoms with Gasteiger partial charge in [-0.3, -0.25) is 0 Å². The maximum absolute atomic E-state index is 14.8. The Bertz CT molecular complexity index is 439. The highest BCUT2D eigenvalue weighted by Gasteiger charge is 2.58. The lowest BCUT2D eigenvalue weighted by Gasteiger charge is -2.36. The fourth-order valence-electron chi connectivity index (χ4n) is 2.30. The molecule has 7 heteroatoms. The summed E-state index contributed by atoms with van der Waals surface area (Å²) in [5.74, 6) is 1.62. The molecule has 0 unspecified atom stereocenters. The molecule has 0 bridgehead atoms. The van der Waals surface area contributed by atoms with Crippen LogP contribution in [0.4, 0.5) is 8.78 Å². The lowest BCUT2D eigenvalue weighted by molar-refractivity contribution is 0.0137. The predicted octanol–water partition coefficient (Wildman–Crippen LogP) is 5.00. The molecule has 0 amide bonds. The van der Waals surface area contributed by atoms with Crippen molar-refractivity contribution in [3.05, 3.63) is 21.9 Å². The van der Waals surface area contributed by atoms with E-state index in [1.807, 2.05) is 17.1 Å². The molecule has 0 radical (unpaired) electrons. The average Bonchev–Trinajstić information content (AvgIpc) is 3.01. The maximum Gasteiger partial charge on any atom is 0.284 e. The minimum absolute atomic E-state index is 0.0527. The highest BCUT2D eigenvalue weighted by Crippen LogP contribution is 2.62. The molecule has 0 aromatic carbocycles. The van der Waals surface area contributed by atoms with Gasteiger partial charge in [-0.2, -0.15) is 34.9 Å². The Morgan fingerprint density at radius 2 is 1.68 bits per heavy atom. The topological polar surface area (TPSA) is 0 Å². The quantitative estimate of drug-likeness (QED) is 0.641. The largest absolute Gasteiger partial charge is 0.284 e. The number of rotatable bonds is 0. The van der Waals surface area contributed by atoms with Crippen molar-refractivity contribution in [3.63, 3.8) is 0 Å². The number of thiophene rings is 1. The minimum atomic E-state index is -2.64. The van der Waals surface area contributed by atoms with Gasteiger partial charge < -0.3 is 0 Å². The van der Waals surface area contributed by atoms with Crippen LogP contribution in [0.5, 0.6) is 0 Å². The van der Waals surface area contributed by atoms with Gasteiger partial charge in [0.05, 0.1) is 5.75 Å². The molecule has 1 fully saturated rings. The van der Waals surface area contributed by atoms with Crippen LogP contribution in [-0.4, -0.2) is 34.7 Å². The second kappa shape index (κ2) is 5.99. The number of halogens is 2. The maximum atomic E-state index is 14.8. The summed E-state index contributed by atoms with van der Waals surface area (Å²) in [5.41, 5.74) is 2.02. The zero-order valence-corrected chi connectivity index (χ0v) is 14.3. The highest BCUT2D eigenvalue weighted by atomic mass is 32.2. The Morgan fingerprint density at radius 3 is 2.47 bits per heavy atom. The summed E-state index contributed by atoms with van der Waals surface area (Å²) in [6.07, 6.45) is 0. The van der Waals surface area contributed by atoms with Crippen molar-refractivity contribution >= 4 is 58.4 Å². The van der Waals surface area contributed by atoms with Gasteiger partial charge in [0.2, 0.25) is 0 Å². The van der Waals surface area contributed by atoms with Gasteiger partial charge in [-0.1, -0.05) is 0 Å². The lowest BCUT2D eigenvalue weighted by Crippen LogP contribution is -2.41. The first kappa shape index (κ1) is 14.9. The Hall–Kier alpha value is 0.960. The van der Waals surface area contributed by atoms with Crippen LogP contribution in [-0.2, 0) is 9.83 Å². The van der Waals surface area contributed by atoms with E-state index in [1.54, 1.807) is 11.3 Å². The normalized spacial score (nSPS) is 26.2. The SMILES string of the molecule is FC1(F)CSCCSCc2cscc2C12SCCS2. The van der Waals surface area contributed by atoms with E-state index < -0.39 is 10.0 Å². The molecule has 2 aliphatic heterocycles. The minimum Gasteiger partial charge on any atom is -0.203 e. The van der Waals surface area contributed by atoms with Crippen LogP contribution in [0.25, 0.3) is 0 Å². The van der Waals surface area contributed by atoms with Crippen molar-refractivity contribution in [2.24, 2.45) is 0 Å². The van der Waals surface area contributed by atoms with Crippen molar-refractivity contribution in [3.8, 4) is 0 Å². The summed E-state index contributed by atoms with van der Waals surface area (Å²) in [7, 11) is 0. The van der Waals surface area contributed by atoms with Crippen molar-refractivity contribution in [1.82, 2.24) is 0 Å². The summed E-state index contributed by atoms with van der Waals surface area (Å²) in [6.45, 7) is 0. The van der Waals surface area contributed by atoms with E-state index in [0.717, 1.165) is 39.9 Å². The van der Waals surface area contributed by atoms with Crippen molar-refractivity contribution < 1.29 is 8.78 Å². The van der Waals surface area contributed by atoms with E-state index in [-0.39, 0.29) is 5.75 Å². The number of hydrogen-bond donors (Lipinski definition) is 0. The molecular weight excluding hydrogens is 342 g/mol. The lowest BCUT2D eigenvalue weighted by atomic mass is 10.1. The molecule has 106 valence electrons. The number of alkyl halides is 2. The third-order valence-corrected chi connectivity index (χ3v) is 9.94. The smallest absolute Gasteiger partial charge is 0.203 e. The first-order valence-corrected chi connectivity index (χ1v) is 11.2. The van der Waals surface area contributed by atoms with Gasteiger partial charge in [-0.05, 0) is 21.9 Å². The fraction of sp³-hybridized carbons (Fsp3) is 0.667. The van der Waals surface area contributed by atoms with Crippen LogP contribution in [0.2, 0.25) is 0 Å². The van der Waals surface area contributed by atoms with Crippen molar-refractivity contribution in [1.29, 1.82) is 0 Å². The predicted molar refractivity (Wildman–Crippen MR) is 89.3 cm³/mol. The molecule has 3 rings (SSSR count). The monoisotopic (exact) mass is 356 g/mol. The molecule has 0 N–H and O–H groups in total. The molecule has 2 aliphatic rings. The van der Waals surface area contributed by atoms with Gasteiger partial charge in [-0.25, -0.2) is 8.78 Å². The zero-order chi connectivity index (χ0) is 13.3. The van der Waals surface area contributed by atoms with E-state index >= 15 is 0 Å². The number of hydrogen-bond acceptors (Lipinski definition) is 5. The zero-order valence-electron chi connectivity index (χ0n) is 10.2. The van der Waals surface area contributed by atoms with E-state index in [1.165, 1.54) is 35.3 Å². The number of thioether (sulfide) groups is 4. The van der Waals surface area contributed by atoms with E-state index in [0.29, 0.717) is 0 Å². The highest BCUT2D eigenvalue weighted by molar-refractivity contribution is 8.20. The molecule has 0 nitrogen and oxygen atoms in total. The molecule has 1 spiro atoms. The van der Waals surface area contributed by atoms with Gasteiger partial charge >= 0.3 is 0 Å². The van der Waals surface area contributed by atoms with Crippen LogP contribution < -0.4 is 0 Å². The third kappa shape index (κ3) is 2.70. The Labute approximate surface area is 133 Å². The fourth-order valence-corrected chi connectivity index (χ4v) is 9.14. The molecule has 19 heavy (non-hydrogen) atoms. The second-order valence-corrected chi connectivity index (χ2v) is 10.3. The Morgan fingerprint density at radius 1 is 0.947 bits per heavy atom. The van der Waals surface area contributed by atoms with Crippen LogP contribution in [0, 0.1) is 0 Å². The van der Waals surface area contributed by atoms with E-state index in [4.69, 9.17) is 0 Å². The standard InChI is InChI=1S/C12H14F2S5/c13-11(14)8-16-2-1-15-5-9-6-17-7-10(9)12(11)18-3-4-19-12/h6-7H,1-5,8H2. The van der Waals surface area contributed by atoms with E-state index in [2.05, 4.69) is 5.38 Å². The Kier molecular flexibility index (Phi) is 4.69. The van der Waals surface area contributed by atoms with Gasteiger partial charge in [0.25, 0.3) is 5.92 Å². The molecule has 0 aliphatic carbocycles. The van der Waals surface area contributed by atoms with Crippen LogP contribution in [0.3, 0.4) is 0 Å². The van der Waals surface area contributed by atoms with Crippen molar-refractivity contribution in [2.45, 2.75) is 15.8 Å². The van der Waals surface area contributed by atoms with Gasteiger partial charge in [0, 0.05) is 28.8 Å². The molecular formula is C12H14F2S5. The van der Waals surface area contributed by atoms with Crippen molar-refractivity contribution in [2.75, 3.05) is 28.8 Å².